The van der Waals surface area contributed by atoms with Crippen molar-refractivity contribution < 1.29 is 36.0 Å². The standard InChI is InChI=1S/C22H28O8SSi/c1-17(2)22(23)30-19-9-13-21(14-10-19)31(24,25)20-11-7-18(8-12-20)29-15-6-16-32(26-3,27-4)28-5/h7-14H,1,6,15-16H2,2-5H3. The number of hydrogen-bond donors (Lipinski definition) is 0. The van der Waals surface area contributed by atoms with Gasteiger partial charge in [-0.1, -0.05) is 6.58 Å². The van der Waals surface area contributed by atoms with Crippen molar-refractivity contribution in [2.75, 3.05) is 27.9 Å². The van der Waals surface area contributed by atoms with Crippen molar-refractivity contribution in [1.82, 2.24) is 0 Å². The first-order chi connectivity index (χ1) is 15.2. The third-order valence-corrected chi connectivity index (χ3v) is 9.27. The van der Waals surface area contributed by atoms with Crippen molar-refractivity contribution in [2.24, 2.45) is 0 Å². The molecule has 0 fully saturated rings. The quantitative estimate of drug-likeness (QED) is 0.149. The molecule has 32 heavy (non-hydrogen) atoms. The van der Waals surface area contributed by atoms with Gasteiger partial charge in [-0.15, -0.1) is 0 Å². The summed E-state index contributed by atoms with van der Waals surface area (Å²) < 4.78 is 52.6. The minimum absolute atomic E-state index is 0.0845. The molecule has 0 amide bonds. The van der Waals surface area contributed by atoms with Crippen LogP contribution in [0.4, 0.5) is 0 Å². The molecule has 174 valence electrons. The Morgan fingerprint density at radius 2 is 1.34 bits per heavy atom. The average molecular weight is 481 g/mol. The summed E-state index contributed by atoms with van der Waals surface area (Å²) in [5.41, 5.74) is 0.251. The number of esters is 1. The first-order valence-electron chi connectivity index (χ1n) is 9.78. The minimum atomic E-state index is -3.73. The van der Waals surface area contributed by atoms with E-state index >= 15 is 0 Å². The predicted molar refractivity (Wildman–Crippen MR) is 120 cm³/mol. The van der Waals surface area contributed by atoms with Crippen LogP contribution in [0.15, 0.2) is 70.5 Å². The Morgan fingerprint density at radius 1 is 0.875 bits per heavy atom. The molecule has 0 aliphatic carbocycles. The summed E-state index contributed by atoms with van der Waals surface area (Å²) in [4.78, 5) is 11.8. The van der Waals surface area contributed by atoms with Crippen LogP contribution in [0.3, 0.4) is 0 Å². The fraction of sp³-hybridized carbons (Fsp3) is 0.318. The molecule has 8 nitrogen and oxygen atoms in total. The van der Waals surface area contributed by atoms with Crippen molar-refractivity contribution in [3.63, 3.8) is 0 Å². The molecule has 0 aliphatic rings. The van der Waals surface area contributed by atoms with Crippen LogP contribution in [0, 0.1) is 0 Å². The first kappa shape index (κ1) is 25.8. The lowest BCUT2D eigenvalue weighted by atomic mass is 10.3. The maximum Gasteiger partial charge on any atom is 0.500 e. The molecular formula is C22H28O8SSi. The van der Waals surface area contributed by atoms with Crippen molar-refractivity contribution in [2.45, 2.75) is 29.2 Å². The lowest BCUT2D eigenvalue weighted by Crippen LogP contribution is -2.42. The lowest BCUT2D eigenvalue weighted by Gasteiger charge is -2.24. The zero-order valence-corrected chi connectivity index (χ0v) is 20.4. The maximum absolute atomic E-state index is 12.9. The normalized spacial score (nSPS) is 11.8. The van der Waals surface area contributed by atoms with E-state index in [0.29, 0.717) is 24.8 Å². The molecule has 0 bridgehead atoms. The van der Waals surface area contributed by atoms with Crippen LogP contribution in [-0.4, -0.2) is 51.1 Å². The van der Waals surface area contributed by atoms with Gasteiger partial charge < -0.3 is 22.8 Å². The summed E-state index contributed by atoms with van der Waals surface area (Å²) in [5.74, 6) is 0.213. The fourth-order valence-corrected chi connectivity index (χ4v) is 5.72. The molecule has 0 aromatic heterocycles. The third kappa shape index (κ3) is 6.50. The van der Waals surface area contributed by atoms with Crippen molar-refractivity contribution in [3.05, 3.63) is 60.7 Å². The summed E-state index contributed by atoms with van der Waals surface area (Å²) in [6.45, 7) is 5.44. The number of carbonyl (C=O) groups is 1. The molecule has 2 rings (SSSR count). The summed E-state index contributed by atoms with van der Waals surface area (Å²) in [5, 5.41) is 0. The zero-order chi connectivity index (χ0) is 23.8. The Morgan fingerprint density at radius 3 is 1.78 bits per heavy atom. The van der Waals surface area contributed by atoms with Crippen LogP contribution in [0.1, 0.15) is 13.3 Å². The lowest BCUT2D eigenvalue weighted by molar-refractivity contribution is -0.130. The van der Waals surface area contributed by atoms with Crippen LogP contribution in [0.25, 0.3) is 0 Å². The summed E-state index contributed by atoms with van der Waals surface area (Å²) in [7, 11) is -1.70. The van der Waals surface area contributed by atoms with E-state index in [0.717, 1.165) is 0 Å². The summed E-state index contributed by atoms with van der Waals surface area (Å²) in [6, 6.07) is 12.4. The predicted octanol–water partition coefficient (Wildman–Crippen LogP) is 3.65. The topological polar surface area (TPSA) is 97.4 Å². The second kappa shape index (κ2) is 11.4. The Kier molecular flexibility index (Phi) is 9.17. The van der Waals surface area contributed by atoms with E-state index in [1.54, 1.807) is 33.5 Å². The van der Waals surface area contributed by atoms with E-state index in [4.69, 9.17) is 22.8 Å². The molecule has 0 atom stereocenters. The molecule has 0 heterocycles. The molecule has 2 aromatic rings. The molecule has 0 saturated carbocycles. The van der Waals surface area contributed by atoms with Gasteiger partial charge in [0, 0.05) is 32.9 Å². The molecule has 0 unspecified atom stereocenters. The number of carbonyl (C=O) groups excluding carboxylic acids is 1. The fourth-order valence-electron chi connectivity index (χ4n) is 2.77. The van der Waals surface area contributed by atoms with Gasteiger partial charge in [-0.05, 0) is 61.9 Å². The van der Waals surface area contributed by atoms with Gasteiger partial charge in [0.25, 0.3) is 0 Å². The Bertz CT molecular complexity index is 1000. The average Bonchev–Trinajstić information content (AvgIpc) is 2.80. The SMILES string of the molecule is C=C(C)C(=O)Oc1ccc(S(=O)(=O)c2ccc(OCCC[Si](OC)(OC)OC)cc2)cc1. The van der Waals surface area contributed by atoms with E-state index in [-0.39, 0.29) is 21.1 Å². The van der Waals surface area contributed by atoms with Gasteiger partial charge in [-0.2, -0.15) is 0 Å². The second-order valence-corrected chi connectivity index (χ2v) is 11.9. The molecule has 0 spiro atoms. The first-order valence-corrected chi connectivity index (χ1v) is 13.2. The van der Waals surface area contributed by atoms with Crippen LogP contribution in [0.2, 0.25) is 6.04 Å². The highest BCUT2D eigenvalue weighted by atomic mass is 32.2. The summed E-state index contributed by atoms with van der Waals surface area (Å²) >= 11 is 0. The van der Waals surface area contributed by atoms with Gasteiger partial charge >= 0.3 is 14.8 Å². The summed E-state index contributed by atoms with van der Waals surface area (Å²) in [6.07, 6.45) is 0.657. The van der Waals surface area contributed by atoms with Crippen LogP contribution >= 0.6 is 0 Å². The largest absolute Gasteiger partial charge is 0.500 e. The van der Waals surface area contributed by atoms with Gasteiger partial charge in [0.1, 0.15) is 11.5 Å². The Hall–Kier alpha value is -2.50. The van der Waals surface area contributed by atoms with Gasteiger partial charge in [0.05, 0.1) is 16.4 Å². The Labute approximate surface area is 190 Å². The zero-order valence-electron chi connectivity index (χ0n) is 18.6. The van der Waals surface area contributed by atoms with Crippen molar-refractivity contribution >= 4 is 24.6 Å². The number of ether oxygens (including phenoxy) is 2. The molecule has 2 aromatic carbocycles. The Balaban J connectivity index is 1.99. The van der Waals surface area contributed by atoms with Gasteiger partial charge in [0.15, 0.2) is 0 Å². The van der Waals surface area contributed by atoms with Crippen LogP contribution in [0.5, 0.6) is 11.5 Å². The highest BCUT2D eigenvalue weighted by molar-refractivity contribution is 7.91. The van der Waals surface area contributed by atoms with Crippen LogP contribution < -0.4 is 9.47 Å². The van der Waals surface area contributed by atoms with Crippen molar-refractivity contribution in [3.8, 4) is 11.5 Å². The highest BCUT2D eigenvalue weighted by Gasteiger charge is 2.36. The molecule has 0 saturated heterocycles. The van der Waals surface area contributed by atoms with E-state index in [9.17, 15) is 13.2 Å². The molecule has 0 N–H and O–H groups in total. The van der Waals surface area contributed by atoms with Gasteiger partial charge in [0.2, 0.25) is 9.84 Å². The third-order valence-electron chi connectivity index (χ3n) is 4.66. The molecule has 10 heteroatoms. The molecule has 0 aliphatic heterocycles. The number of benzene rings is 2. The maximum atomic E-state index is 12.9. The highest BCUT2D eigenvalue weighted by Crippen LogP contribution is 2.25. The molecular weight excluding hydrogens is 452 g/mol. The number of rotatable bonds is 12. The van der Waals surface area contributed by atoms with Crippen LogP contribution in [-0.2, 0) is 27.9 Å². The molecule has 0 radical (unpaired) electrons. The van der Waals surface area contributed by atoms with E-state index in [1.165, 1.54) is 43.3 Å². The van der Waals surface area contributed by atoms with Gasteiger partial charge in [-0.25, -0.2) is 13.2 Å². The second-order valence-electron chi connectivity index (χ2n) is 6.86. The van der Waals surface area contributed by atoms with E-state index in [1.807, 2.05) is 0 Å². The smallest absolute Gasteiger partial charge is 0.494 e. The van der Waals surface area contributed by atoms with Gasteiger partial charge in [-0.3, -0.25) is 0 Å². The number of hydrogen-bond acceptors (Lipinski definition) is 8. The van der Waals surface area contributed by atoms with E-state index < -0.39 is 24.6 Å². The van der Waals surface area contributed by atoms with E-state index in [2.05, 4.69) is 6.58 Å². The van der Waals surface area contributed by atoms with Crippen molar-refractivity contribution in [1.29, 1.82) is 0 Å². The minimum Gasteiger partial charge on any atom is -0.494 e. The number of sulfone groups is 1. The monoisotopic (exact) mass is 480 g/mol.